The number of hydrogen-bond acceptors (Lipinski definition) is 1. The summed E-state index contributed by atoms with van der Waals surface area (Å²) in [5.41, 5.74) is 3.69. The molecule has 0 atom stereocenters. The lowest BCUT2D eigenvalue weighted by Crippen LogP contribution is -2.11. The van der Waals surface area contributed by atoms with Gasteiger partial charge in [0.15, 0.2) is 0 Å². The number of hydrogen-bond donors (Lipinski definition) is 1. The molecule has 12 heavy (non-hydrogen) atoms. The summed E-state index contributed by atoms with van der Waals surface area (Å²) in [5, 5.41) is 3.33. The number of nitrogens with one attached hydrogen (secondary N) is 1. The van der Waals surface area contributed by atoms with Crippen molar-refractivity contribution in [2.75, 3.05) is 0 Å². The van der Waals surface area contributed by atoms with Crippen LogP contribution < -0.4 is 5.32 Å². The van der Waals surface area contributed by atoms with E-state index in [2.05, 4.69) is 32.7 Å². The van der Waals surface area contributed by atoms with Gasteiger partial charge in [-0.1, -0.05) is 25.2 Å². The van der Waals surface area contributed by atoms with E-state index in [1.807, 2.05) is 19.1 Å². The highest BCUT2D eigenvalue weighted by Crippen LogP contribution is 2.06. The Morgan fingerprint density at radius 3 is 2.25 bits per heavy atom. The quantitative estimate of drug-likeness (QED) is 0.630. The Morgan fingerprint density at radius 2 is 2.00 bits per heavy atom. The lowest BCUT2D eigenvalue weighted by Gasteiger charge is -2.11. The van der Waals surface area contributed by atoms with E-state index in [-0.39, 0.29) is 0 Å². The van der Waals surface area contributed by atoms with Crippen LogP contribution in [-0.4, -0.2) is 0 Å². The molecule has 0 aromatic carbocycles. The van der Waals surface area contributed by atoms with E-state index in [0.717, 1.165) is 12.1 Å². The van der Waals surface area contributed by atoms with Crippen LogP contribution in [0.2, 0.25) is 0 Å². The van der Waals surface area contributed by atoms with Gasteiger partial charge in [0, 0.05) is 11.4 Å². The Kier molecular flexibility index (Phi) is 5.18. The Hall–Kier alpha value is -0.980. The topological polar surface area (TPSA) is 12.0 Å². The second kappa shape index (κ2) is 5.64. The molecule has 1 nitrogen and oxygen atoms in total. The Labute approximate surface area is 75.9 Å². The van der Waals surface area contributed by atoms with Crippen LogP contribution in [0, 0.1) is 0 Å². The summed E-state index contributed by atoms with van der Waals surface area (Å²) in [5.74, 6) is 0. The molecule has 0 aliphatic heterocycles. The standard InChI is InChI=1S/C11H19N/c1-6-10(7-2)12-11(8-3)9(4)5/h6-7,12H,1,8H2,2-5H3/b10-7+. The van der Waals surface area contributed by atoms with Gasteiger partial charge < -0.3 is 5.32 Å². The van der Waals surface area contributed by atoms with Crippen LogP contribution in [0.15, 0.2) is 35.7 Å². The molecule has 0 unspecified atom stereocenters. The molecule has 0 rings (SSSR count). The molecule has 1 heteroatoms. The van der Waals surface area contributed by atoms with Crippen molar-refractivity contribution in [3.05, 3.63) is 35.7 Å². The maximum Gasteiger partial charge on any atom is 0.0332 e. The molecule has 0 amide bonds. The van der Waals surface area contributed by atoms with E-state index < -0.39 is 0 Å². The zero-order valence-electron chi connectivity index (χ0n) is 8.57. The molecule has 0 bridgehead atoms. The monoisotopic (exact) mass is 165 g/mol. The van der Waals surface area contributed by atoms with E-state index in [1.54, 1.807) is 0 Å². The van der Waals surface area contributed by atoms with E-state index in [0.29, 0.717) is 0 Å². The molecular weight excluding hydrogens is 146 g/mol. The normalized spacial score (nSPS) is 10.8. The molecule has 1 N–H and O–H groups in total. The van der Waals surface area contributed by atoms with Gasteiger partial charge in [-0.2, -0.15) is 0 Å². The van der Waals surface area contributed by atoms with Crippen LogP contribution in [0.3, 0.4) is 0 Å². The molecule has 0 aliphatic carbocycles. The molecule has 0 aliphatic rings. The van der Waals surface area contributed by atoms with E-state index in [9.17, 15) is 0 Å². The summed E-state index contributed by atoms with van der Waals surface area (Å²) in [4.78, 5) is 0. The fourth-order valence-electron chi connectivity index (χ4n) is 0.982. The molecule has 0 saturated heterocycles. The Morgan fingerprint density at radius 1 is 1.42 bits per heavy atom. The van der Waals surface area contributed by atoms with Crippen LogP contribution in [-0.2, 0) is 0 Å². The highest BCUT2D eigenvalue weighted by molar-refractivity contribution is 5.21. The molecule has 0 saturated carbocycles. The highest BCUT2D eigenvalue weighted by Gasteiger charge is 1.96. The van der Waals surface area contributed by atoms with Gasteiger partial charge in [-0.3, -0.25) is 0 Å². The first kappa shape index (κ1) is 11.0. The predicted octanol–water partition coefficient (Wildman–Crippen LogP) is 3.37. The minimum atomic E-state index is 1.04. The zero-order valence-corrected chi connectivity index (χ0v) is 8.57. The first-order valence-corrected chi connectivity index (χ1v) is 4.37. The summed E-state index contributed by atoms with van der Waals surface area (Å²) in [6.07, 6.45) is 4.89. The molecule has 68 valence electrons. The van der Waals surface area contributed by atoms with Gasteiger partial charge in [-0.05, 0) is 33.3 Å². The summed E-state index contributed by atoms with van der Waals surface area (Å²) in [6, 6.07) is 0. The smallest absolute Gasteiger partial charge is 0.0332 e. The van der Waals surface area contributed by atoms with Crippen molar-refractivity contribution in [3.63, 3.8) is 0 Å². The fraction of sp³-hybridized carbons (Fsp3) is 0.455. The zero-order chi connectivity index (χ0) is 9.56. The lowest BCUT2D eigenvalue weighted by molar-refractivity contribution is 0.883. The molecular formula is C11H19N. The Balaban J connectivity index is 4.42. The number of allylic oxidation sites excluding steroid dienone is 4. The van der Waals surface area contributed by atoms with Gasteiger partial charge in [0.25, 0.3) is 0 Å². The SMILES string of the molecule is C=C/C(=C\C)NC(CC)=C(C)C. The van der Waals surface area contributed by atoms with Gasteiger partial charge in [-0.15, -0.1) is 0 Å². The van der Waals surface area contributed by atoms with Crippen LogP contribution >= 0.6 is 0 Å². The fourth-order valence-corrected chi connectivity index (χ4v) is 0.982. The highest BCUT2D eigenvalue weighted by atomic mass is 14.9. The van der Waals surface area contributed by atoms with Gasteiger partial charge in [0.05, 0.1) is 0 Å². The largest absolute Gasteiger partial charge is 0.359 e. The summed E-state index contributed by atoms with van der Waals surface area (Å²) < 4.78 is 0. The van der Waals surface area contributed by atoms with Crippen LogP contribution in [0.25, 0.3) is 0 Å². The number of rotatable bonds is 4. The van der Waals surface area contributed by atoms with Gasteiger partial charge in [0.2, 0.25) is 0 Å². The Bertz CT molecular complexity index is 205. The molecule has 0 aromatic heterocycles. The minimum Gasteiger partial charge on any atom is -0.359 e. The third kappa shape index (κ3) is 3.42. The summed E-state index contributed by atoms with van der Waals surface area (Å²) >= 11 is 0. The lowest BCUT2D eigenvalue weighted by atomic mass is 10.2. The molecule has 0 aromatic rings. The third-order valence-corrected chi connectivity index (χ3v) is 1.78. The predicted molar refractivity (Wildman–Crippen MR) is 55.8 cm³/mol. The molecule has 0 spiro atoms. The van der Waals surface area contributed by atoms with Crippen molar-refractivity contribution in [3.8, 4) is 0 Å². The van der Waals surface area contributed by atoms with Gasteiger partial charge in [-0.25, -0.2) is 0 Å². The van der Waals surface area contributed by atoms with E-state index in [1.165, 1.54) is 11.3 Å². The summed E-state index contributed by atoms with van der Waals surface area (Å²) in [6.45, 7) is 12.1. The first-order chi connectivity index (χ1) is 5.65. The van der Waals surface area contributed by atoms with Gasteiger partial charge in [0.1, 0.15) is 0 Å². The molecule has 0 radical (unpaired) electrons. The van der Waals surface area contributed by atoms with E-state index >= 15 is 0 Å². The van der Waals surface area contributed by atoms with Crippen molar-refractivity contribution < 1.29 is 0 Å². The van der Waals surface area contributed by atoms with Crippen molar-refractivity contribution in [2.24, 2.45) is 0 Å². The third-order valence-electron chi connectivity index (χ3n) is 1.78. The average Bonchev–Trinajstić information content (AvgIpc) is 2.06. The van der Waals surface area contributed by atoms with Crippen molar-refractivity contribution in [1.29, 1.82) is 0 Å². The molecule has 0 heterocycles. The van der Waals surface area contributed by atoms with E-state index in [4.69, 9.17) is 0 Å². The molecule has 0 fully saturated rings. The average molecular weight is 165 g/mol. The second-order valence-corrected chi connectivity index (χ2v) is 2.91. The van der Waals surface area contributed by atoms with Crippen molar-refractivity contribution >= 4 is 0 Å². The van der Waals surface area contributed by atoms with Crippen LogP contribution in [0.5, 0.6) is 0 Å². The minimum absolute atomic E-state index is 1.04. The van der Waals surface area contributed by atoms with Gasteiger partial charge >= 0.3 is 0 Å². The maximum absolute atomic E-state index is 3.73. The van der Waals surface area contributed by atoms with Crippen LogP contribution in [0.1, 0.15) is 34.1 Å². The summed E-state index contributed by atoms with van der Waals surface area (Å²) in [7, 11) is 0. The second-order valence-electron chi connectivity index (χ2n) is 2.91. The maximum atomic E-state index is 3.73. The van der Waals surface area contributed by atoms with Crippen molar-refractivity contribution in [2.45, 2.75) is 34.1 Å². The van der Waals surface area contributed by atoms with Crippen LogP contribution in [0.4, 0.5) is 0 Å². The van der Waals surface area contributed by atoms with Crippen molar-refractivity contribution in [1.82, 2.24) is 5.32 Å². The first-order valence-electron chi connectivity index (χ1n) is 4.37.